The molecule has 1 atom stereocenters. The Kier molecular flexibility index (Phi) is 4.60. The third-order valence-electron chi connectivity index (χ3n) is 4.15. The van der Waals surface area contributed by atoms with Crippen LogP contribution < -0.4 is 10.1 Å². The molecule has 1 aromatic carbocycles. The molecule has 2 heterocycles. The Morgan fingerprint density at radius 3 is 2.72 bits per heavy atom. The molecule has 0 aromatic heterocycles. The summed E-state index contributed by atoms with van der Waals surface area (Å²) in [5.74, 6) is -2.01. The summed E-state index contributed by atoms with van der Waals surface area (Å²) in [7, 11) is 0. The standard InChI is InChI=1S/C17H16N2O6/c20-8-1-2-9-25-12-5-3-4-10-14(12)17(24)19(16(10)23)11-6-7-13(21)18-15(11)22/h3-5,8,11H,1-2,6-7,9H2,(H,18,21,22). The van der Waals surface area contributed by atoms with E-state index in [2.05, 4.69) is 5.32 Å². The van der Waals surface area contributed by atoms with Crippen LogP contribution in [-0.2, 0) is 14.4 Å². The van der Waals surface area contributed by atoms with Crippen molar-refractivity contribution in [1.82, 2.24) is 10.2 Å². The minimum absolute atomic E-state index is 0.0683. The number of rotatable bonds is 6. The van der Waals surface area contributed by atoms with Crippen molar-refractivity contribution in [2.45, 2.75) is 31.7 Å². The van der Waals surface area contributed by atoms with Crippen LogP contribution in [0.15, 0.2) is 18.2 Å². The SMILES string of the molecule is O=CCCCOc1cccc2c1C(=O)N(C1CCC(=O)NC1=O)C2=O. The van der Waals surface area contributed by atoms with Gasteiger partial charge < -0.3 is 9.53 Å². The third kappa shape index (κ3) is 3.02. The van der Waals surface area contributed by atoms with Gasteiger partial charge in [0, 0.05) is 12.8 Å². The number of aldehydes is 1. The first kappa shape index (κ1) is 16.8. The van der Waals surface area contributed by atoms with Crippen LogP contribution in [0.3, 0.4) is 0 Å². The number of nitrogens with zero attached hydrogens (tertiary/aromatic N) is 1. The fourth-order valence-electron chi connectivity index (χ4n) is 2.95. The highest BCUT2D eigenvalue weighted by atomic mass is 16.5. The second-order valence-electron chi connectivity index (χ2n) is 5.78. The largest absolute Gasteiger partial charge is 0.493 e. The Morgan fingerprint density at radius 2 is 2.00 bits per heavy atom. The van der Waals surface area contributed by atoms with E-state index in [4.69, 9.17) is 4.74 Å². The van der Waals surface area contributed by atoms with Crippen molar-refractivity contribution in [2.75, 3.05) is 6.61 Å². The van der Waals surface area contributed by atoms with E-state index in [-0.39, 0.29) is 36.3 Å². The van der Waals surface area contributed by atoms with Crippen LogP contribution in [0.25, 0.3) is 0 Å². The molecule has 4 amide bonds. The van der Waals surface area contributed by atoms with E-state index in [0.717, 1.165) is 11.2 Å². The molecule has 2 aliphatic rings. The number of ether oxygens (including phenoxy) is 1. The molecule has 1 N–H and O–H groups in total. The predicted octanol–water partition coefficient (Wildman–Crippen LogP) is 0.446. The van der Waals surface area contributed by atoms with Gasteiger partial charge in [0.1, 0.15) is 18.1 Å². The van der Waals surface area contributed by atoms with Crippen molar-refractivity contribution in [3.63, 3.8) is 0 Å². The van der Waals surface area contributed by atoms with Crippen molar-refractivity contribution >= 4 is 29.9 Å². The lowest BCUT2D eigenvalue weighted by atomic mass is 10.0. The number of hydrogen-bond donors (Lipinski definition) is 1. The van der Waals surface area contributed by atoms with Crippen LogP contribution in [-0.4, -0.2) is 47.5 Å². The highest BCUT2D eigenvalue weighted by Crippen LogP contribution is 2.33. The third-order valence-corrected chi connectivity index (χ3v) is 4.15. The molecule has 25 heavy (non-hydrogen) atoms. The van der Waals surface area contributed by atoms with Gasteiger partial charge in [-0.05, 0) is 25.0 Å². The van der Waals surface area contributed by atoms with E-state index < -0.39 is 29.7 Å². The summed E-state index contributed by atoms with van der Waals surface area (Å²) in [4.78, 5) is 59.9. The van der Waals surface area contributed by atoms with Crippen LogP contribution in [0.1, 0.15) is 46.4 Å². The van der Waals surface area contributed by atoms with Crippen molar-refractivity contribution in [2.24, 2.45) is 0 Å². The van der Waals surface area contributed by atoms with Gasteiger partial charge in [-0.25, -0.2) is 0 Å². The second-order valence-corrected chi connectivity index (χ2v) is 5.78. The average molecular weight is 344 g/mol. The van der Waals surface area contributed by atoms with Crippen molar-refractivity contribution in [3.8, 4) is 5.75 Å². The van der Waals surface area contributed by atoms with Gasteiger partial charge in [-0.3, -0.25) is 29.4 Å². The number of imide groups is 2. The summed E-state index contributed by atoms with van der Waals surface area (Å²) in [6, 6.07) is 3.65. The molecule has 130 valence electrons. The fourth-order valence-corrected chi connectivity index (χ4v) is 2.95. The molecular weight excluding hydrogens is 328 g/mol. The van der Waals surface area contributed by atoms with E-state index in [9.17, 15) is 24.0 Å². The number of benzene rings is 1. The summed E-state index contributed by atoms with van der Waals surface area (Å²) in [5.41, 5.74) is 0.283. The fraction of sp³-hybridized carbons (Fsp3) is 0.353. The highest BCUT2D eigenvalue weighted by Gasteiger charge is 2.45. The molecule has 1 saturated heterocycles. The molecule has 1 aromatic rings. The minimum atomic E-state index is -1.01. The lowest BCUT2D eigenvalue weighted by Crippen LogP contribution is -2.54. The maximum absolute atomic E-state index is 12.7. The van der Waals surface area contributed by atoms with Gasteiger partial charge in [-0.1, -0.05) is 6.07 Å². The molecule has 0 radical (unpaired) electrons. The van der Waals surface area contributed by atoms with Crippen LogP contribution in [0, 0.1) is 0 Å². The van der Waals surface area contributed by atoms with Gasteiger partial charge in [0.05, 0.1) is 17.7 Å². The molecule has 0 bridgehead atoms. The van der Waals surface area contributed by atoms with Crippen LogP contribution >= 0.6 is 0 Å². The van der Waals surface area contributed by atoms with Gasteiger partial charge in [0.2, 0.25) is 11.8 Å². The summed E-state index contributed by atoms with van der Waals surface area (Å²) in [6.07, 6.45) is 1.78. The first-order chi connectivity index (χ1) is 12.0. The van der Waals surface area contributed by atoms with Gasteiger partial charge in [-0.15, -0.1) is 0 Å². The van der Waals surface area contributed by atoms with Crippen molar-refractivity contribution in [1.29, 1.82) is 0 Å². The highest BCUT2D eigenvalue weighted by molar-refractivity contribution is 6.24. The lowest BCUT2D eigenvalue weighted by Gasteiger charge is -2.27. The minimum Gasteiger partial charge on any atom is -0.493 e. The molecule has 0 aliphatic carbocycles. The zero-order valence-corrected chi connectivity index (χ0v) is 13.3. The molecule has 8 heteroatoms. The van der Waals surface area contributed by atoms with Crippen LogP contribution in [0.5, 0.6) is 5.75 Å². The van der Waals surface area contributed by atoms with Crippen LogP contribution in [0.2, 0.25) is 0 Å². The van der Waals surface area contributed by atoms with E-state index in [1.165, 1.54) is 6.07 Å². The Hall–Kier alpha value is -3.03. The topological polar surface area (TPSA) is 110 Å². The Balaban J connectivity index is 1.85. The van der Waals surface area contributed by atoms with Gasteiger partial charge in [0.25, 0.3) is 11.8 Å². The number of amides is 4. The molecule has 0 saturated carbocycles. The van der Waals surface area contributed by atoms with Crippen molar-refractivity contribution < 1.29 is 28.7 Å². The number of carbonyl (C=O) groups excluding carboxylic acids is 5. The molecule has 2 aliphatic heterocycles. The van der Waals surface area contributed by atoms with E-state index in [1.807, 2.05) is 0 Å². The van der Waals surface area contributed by atoms with Gasteiger partial charge >= 0.3 is 0 Å². The van der Waals surface area contributed by atoms with E-state index in [0.29, 0.717) is 12.8 Å². The summed E-state index contributed by atoms with van der Waals surface area (Å²) < 4.78 is 5.54. The Bertz CT molecular complexity index is 772. The summed E-state index contributed by atoms with van der Waals surface area (Å²) >= 11 is 0. The maximum atomic E-state index is 12.7. The Labute approximate surface area is 143 Å². The molecule has 3 rings (SSSR count). The first-order valence-corrected chi connectivity index (χ1v) is 7.95. The van der Waals surface area contributed by atoms with Gasteiger partial charge in [0.15, 0.2) is 0 Å². The summed E-state index contributed by atoms with van der Waals surface area (Å²) in [5, 5.41) is 2.15. The number of hydrogen-bond acceptors (Lipinski definition) is 6. The lowest BCUT2D eigenvalue weighted by molar-refractivity contribution is -0.136. The van der Waals surface area contributed by atoms with Crippen LogP contribution in [0.4, 0.5) is 0 Å². The predicted molar refractivity (Wildman–Crippen MR) is 83.9 cm³/mol. The number of piperidine rings is 1. The number of nitrogens with one attached hydrogen (secondary N) is 1. The molecule has 1 unspecified atom stereocenters. The van der Waals surface area contributed by atoms with Gasteiger partial charge in [-0.2, -0.15) is 0 Å². The normalized spacial score (nSPS) is 19.7. The molecule has 8 nitrogen and oxygen atoms in total. The molecular formula is C17H16N2O6. The maximum Gasteiger partial charge on any atom is 0.266 e. The van der Waals surface area contributed by atoms with E-state index >= 15 is 0 Å². The van der Waals surface area contributed by atoms with Crippen molar-refractivity contribution in [3.05, 3.63) is 29.3 Å². The average Bonchev–Trinajstić information content (AvgIpc) is 2.84. The zero-order chi connectivity index (χ0) is 18.0. The number of carbonyl (C=O) groups is 5. The van der Waals surface area contributed by atoms with E-state index in [1.54, 1.807) is 12.1 Å². The molecule has 0 spiro atoms. The Morgan fingerprint density at radius 1 is 1.20 bits per heavy atom. The monoisotopic (exact) mass is 344 g/mol. The zero-order valence-electron chi connectivity index (χ0n) is 13.3. The second kappa shape index (κ2) is 6.84. The number of fused-ring (bicyclic) bond motifs is 1. The quantitative estimate of drug-likeness (QED) is 0.456. The smallest absolute Gasteiger partial charge is 0.266 e. The summed E-state index contributed by atoms with van der Waals surface area (Å²) in [6.45, 7) is 0.231. The molecule has 1 fully saturated rings. The first-order valence-electron chi connectivity index (χ1n) is 7.95. The number of unbranched alkanes of at least 4 members (excludes halogenated alkanes) is 1.